The summed E-state index contributed by atoms with van der Waals surface area (Å²) < 4.78 is 0. The van der Waals surface area contributed by atoms with Gasteiger partial charge in [0, 0.05) is 25.9 Å². The molecule has 74 valence electrons. The maximum Gasteiger partial charge on any atom is 0.245 e. The molecule has 0 bridgehead atoms. The minimum Gasteiger partial charge on any atom is -0.356 e. The summed E-state index contributed by atoms with van der Waals surface area (Å²) in [5.41, 5.74) is 5.27. The molecule has 0 rings (SSSR count). The number of hydrogen-bond donors (Lipinski definition) is 2. The van der Waals surface area contributed by atoms with E-state index >= 15 is 0 Å². The van der Waals surface area contributed by atoms with Crippen molar-refractivity contribution in [3.05, 3.63) is 12.3 Å². The van der Waals surface area contributed by atoms with E-state index in [-0.39, 0.29) is 5.91 Å². The van der Waals surface area contributed by atoms with Gasteiger partial charge < -0.3 is 16.0 Å². The Morgan fingerprint density at radius 2 is 2.31 bits per heavy atom. The second-order valence-electron chi connectivity index (χ2n) is 2.42. The Balaban J connectivity index is 3.88. The van der Waals surface area contributed by atoms with Crippen molar-refractivity contribution in [3.8, 4) is 0 Å². The van der Waals surface area contributed by atoms with Gasteiger partial charge in [0.05, 0.1) is 0 Å². The molecular formula is C8H15N3O2. The smallest absolute Gasteiger partial charge is 0.245 e. The highest BCUT2D eigenvalue weighted by atomic mass is 16.1. The maximum absolute atomic E-state index is 10.7. The number of amides is 2. The molecule has 0 fully saturated rings. The molecule has 0 unspecified atom stereocenters. The lowest BCUT2D eigenvalue weighted by Crippen LogP contribution is -2.21. The molecule has 0 aliphatic heterocycles. The highest BCUT2D eigenvalue weighted by Gasteiger charge is 1.96. The van der Waals surface area contributed by atoms with Crippen LogP contribution in [0.1, 0.15) is 6.42 Å². The van der Waals surface area contributed by atoms with Gasteiger partial charge in [0.15, 0.2) is 0 Å². The summed E-state index contributed by atoms with van der Waals surface area (Å²) in [5, 5.41) is 2.41. The van der Waals surface area contributed by atoms with E-state index in [4.69, 9.17) is 5.73 Å². The molecular weight excluding hydrogens is 170 g/mol. The quantitative estimate of drug-likeness (QED) is 0.414. The molecule has 0 aliphatic rings. The Morgan fingerprint density at radius 1 is 1.62 bits per heavy atom. The number of nitrogens with zero attached hydrogens (tertiary/aromatic N) is 1. The van der Waals surface area contributed by atoms with Crippen LogP contribution in [0.4, 0.5) is 0 Å². The molecule has 13 heavy (non-hydrogen) atoms. The van der Waals surface area contributed by atoms with E-state index in [1.165, 1.54) is 24.2 Å². The van der Waals surface area contributed by atoms with Crippen molar-refractivity contribution >= 4 is 12.3 Å². The molecule has 0 aromatic heterocycles. The lowest BCUT2D eigenvalue weighted by Gasteiger charge is -2.10. The average molecular weight is 185 g/mol. The first kappa shape index (κ1) is 11.6. The highest BCUT2D eigenvalue weighted by molar-refractivity contribution is 5.87. The van der Waals surface area contributed by atoms with Crippen LogP contribution < -0.4 is 11.1 Å². The van der Waals surface area contributed by atoms with Crippen molar-refractivity contribution < 1.29 is 9.59 Å². The van der Waals surface area contributed by atoms with Gasteiger partial charge in [-0.25, -0.2) is 0 Å². The monoisotopic (exact) mass is 185 g/mol. The van der Waals surface area contributed by atoms with E-state index in [0.29, 0.717) is 19.5 Å². The summed E-state index contributed by atoms with van der Waals surface area (Å²) in [7, 11) is 1.53. The first-order valence-electron chi connectivity index (χ1n) is 4.05. The van der Waals surface area contributed by atoms with E-state index in [9.17, 15) is 9.59 Å². The minimum absolute atomic E-state index is 0.236. The van der Waals surface area contributed by atoms with Crippen LogP contribution in [-0.2, 0) is 9.59 Å². The van der Waals surface area contributed by atoms with Gasteiger partial charge in [-0.15, -0.1) is 0 Å². The van der Waals surface area contributed by atoms with Gasteiger partial charge in [0.2, 0.25) is 12.3 Å². The second-order valence-corrected chi connectivity index (χ2v) is 2.42. The molecule has 0 aromatic carbocycles. The van der Waals surface area contributed by atoms with Crippen molar-refractivity contribution in [3.63, 3.8) is 0 Å². The third kappa shape index (κ3) is 5.86. The number of rotatable bonds is 6. The Labute approximate surface area is 77.6 Å². The fourth-order valence-electron chi connectivity index (χ4n) is 0.683. The Morgan fingerprint density at radius 3 is 2.77 bits per heavy atom. The van der Waals surface area contributed by atoms with Crippen LogP contribution in [0.15, 0.2) is 12.3 Å². The first-order chi connectivity index (χ1) is 6.24. The van der Waals surface area contributed by atoms with E-state index in [1.807, 2.05) is 0 Å². The van der Waals surface area contributed by atoms with E-state index in [2.05, 4.69) is 5.32 Å². The van der Waals surface area contributed by atoms with Crippen molar-refractivity contribution in [2.45, 2.75) is 6.42 Å². The summed E-state index contributed by atoms with van der Waals surface area (Å²) in [6, 6.07) is 0. The molecule has 0 spiro atoms. The minimum atomic E-state index is -0.236. The molecule has 5 heteroatoms. The van der Waals surface area contributed by atoms with Crippen LogP contribution in [0.25, 0.3) is 0 Å². The molecule has 2 amide bonds. The lowest BCUT2D eigenvalue weighted by atomic mass is 10.4. The van der Waals surface area contributed by atoms with Crippen molar-refractivity contribution in [1.82, 2.24) is 10.2 Å². The highest BCUT2D eigenvalue weighted by Crippen LogP contribution is 1.87. The number of nitrogens with two attached hydrogens (primary N) is 1. The molecule has 0 aromatic rings. The predicted octanol–water partition coefficient (Wildman–Crippen LogP) is -0.947. The zero-order chi connectivity index (χ0) is 10.1. The van der Waals surface area contributed by atoms with Gasteiger partial charge in [-0.1, -0.05) is 0 Å². The summed E-state index contributed by atoms with van der Waals surface area (Å²) >= 11 is 0. The molecule has 0 aliphatic carbocycles. The van der Waals surface area contributed by atoms with Crippen molar-refractivity contribution in [2.75, 3.05) is 20.1 Å². The zero-order valence-electron chi connectivity index (χ0n) is 7.69. The third-order valence-corrected chi connectivity index (χ3v) is 1.42. The standard InChI is InChI=1S/C8H15N3O2/c1-10-8(13)3-6-11(7-12)5-2-4-9/h3,6-7H,2,4-5,9H2,1H3,(H,10,13)/b6-3-. The van der Waals surface area contributed by atoms with Crippen LogP contribution in [0.2, 0.25) is 0 Å². The van der Waals surface area contributed by atoms with Gasteiger partial charge >= 0.3 is 0 Å². The Kier molecular flexibility index (Phi) is 6.53. The average Bonchev–Trinajstić information content (AvgIpc) is 2.17. The first-order valence-corrected chi connectivity index (χ1v) is 4.05. The molecule has 0 saturated carbocycles. The fraction of sp³-hybridized carbons (Fsp3) is 0.500. The number of likely N-dealkylation sites (N-methyl/N-ethyl adjacent to an activating group) is 1. The molecule has 0 radical (unpaired) electrons. The number of hydrogen-bond acceptors (Lipinski definition) is 3. The summed E-state index contributed by atoms with van der Waals surface area (Å²) in [6.45, 7) is 1.06. The Hall–Kier alpha value is -1.36. The molecule has 0 heterocycles. The van der Waals surface area contributed by atoms with Gasteiger partial charge in [-0.05, 0) is 13.0 Å². The largest absolute Gasteiger partial charge is 0.356 e. The summed E-state index contributed by atoms with van der Waals surface area (Å²) in [4.78, 5) is 22.5. The molecule has 0 saturated heterocycles. The second kappa shape index (κ2) is 7.30. The zero-order valence-corrected chi connectivity index (χ0v) is 7.69. The van der Waals surface area contributed by atoms with Crippen molar-refractivity contribution in [1.29, 1.82) is 0 Å². The maximum atomic E-state index is 10.7. The predicted molar refractivity (Wildman–Crippen MR) is 49.6 cm³/mol. The van der Waals surface area contributed by atoms with Crippen LogP contribution in [-0.4, -0.2) is 37.4 Å². The number of carbonyl (C=O) groups excluding carboxylic acids is 2. The van der Waals surface area contributed by atoms with Gasteiger partial charge in [0.1, 0.15) is 0 Å². The van der Waals surface area contributed by atoms with Crippen LogP contribution in [0, 0.1) is 0 Å². The normalized spacial score (nSPS) is 10.0. The van der Waals surface area contributed by atoms with Crippen LogP contribution in [0.3, 0.4) is 0 Å². The molecule has 0 atom stereocenters. The van der Waals surface area contributed by atoms with Gasteiger partial charge in [0.25, 0.3) is 0 Å². The molecule has 5 nitrogen and oxygen atoms in total. The van der Waals surface area contributed by atoms with Crippen molar-refractivity contribution in [2.24, 2.45) is 5.73 Å². The van der Waals surface area contributed by atoms with Gasteiger partial charge in [-0.3, -0.25) is 9.59 Å². The SMILES string of the molecule is CNC(=O)/C=C\N(C=O)CCCN. The lowest BCUT2D eigenvalue weighted by molar-refractivity contribution is -0.116. The topological polar surface area (TPSA) is 75.4 Å². The van der Waals surface area contributed by atoms with Gasteiger partial charge in [-0.2, -0.15) is 0 Å². The number of carbonyl (C=O) groups is 2. The van der Waals surface area contributed by atoms with Crippen LogP contribution >= 0.6 is 0 Å². The fourth-order valence-corrected chi connectivity index (χ4v) is 0.683. The number of nitrogens with one attached hydrogen (secondary N) is 1. The van der Waals surface area contributed by atoms with E-state index < -0.39 is 0 Å². The summed E-state index contributed by atoms with van der Waals surface area (Å²) in [6.07, 6.45) is 4.11. The van der Waals surface area contributed by atoms with E-state index in [0.717, 1.165) is 6.42 Å². The van der Waals surface area contributed by atoms with Crippen LogP contribution in [0.5, 0.6) is 0 Å². The third-order valence-electron chi connectivity index (χ3n) is 1.42. The molecule has 3 N–H and O–H groups in total. The summed E-state index contributed by atoms with van der Waals surface area (Å²) in [5.74, 6) is -0.236. The van der Waals surface area contributed by atoms with E-state index in [1.54, 1.807) is 0 Å². The Bertz CT molecular complexity index is 192.